The molecule has 0 aromatic carbocycles. The van der Waals surface area contributed by atoms with E-state index in [0.717, 1.165) is 12.1 Å². The average molecular weight is 265 g/mol. The van der Waals surface area contributed by atoms with Gasteiger partial charge in [-0.25, -0.2) is 4.79 Å². The highest BCUT2D eigenvalue weighted by molar-refractivity contribution is 6.00. The molecule has 0 spiro atoms. The van der Waals surface area contributed by atoms with E-state index in [4.69, 9.17) is 10.5 Å². The highest BCUT2D eigenvalue weighted by Gasteiger charge is 2.29. The molecule has 6 heteroatoms. The molecule has 19 heavy (non-hydrogen) atoms. The third-order valence-electron chi connectivity index (χ3n) is 3.38. The van der Waals surface area contributed by atoms with Gasteiger partial charge in [-0.3, -0.25) is 4.79 Å². The van der Waals surface area contributed by atoms with E-state index in [1.807, 2.05) is 0 Å². The first-order chi connectivity index (χ1) is 9.10. The van der Waals surface area contributed by atoms with Gasteiger partial charge in [0.2, 0.25) is 0 Å². The van der Waals surface area contributed by atoms with Crippen LogP contribution in [-0.4, -0.2) is 47.6 Å². The van der Waals surface area contributed by atoms with Crippen LogP contribution in [0.3, 0.4) is 0 Å². The van der Waals surface area contributed by atoms with Crippen LogP contribution in [0, 0.1) is 0 Å². The molecule has 1 amide bonds. The van der Waals surface area contributed by atoms with Crippen LogP contribution >= 0.6 is 0 Å². The average Bonchev–Trinajstić information content (AvgIpc) is 2.72. The predicted octanol–water partition coefficient (Wildman–Crippen LogP) is 0.159. The lowest BCUT2D eigenvalue weighted by atomic mass is 10.1. The molecule has 1 aromatic heterocycles. The Morgan fingerprint density at radius 2 is 2.26 bits per heavy atom. The Morgan fingerprint density at radius 1 is 1.53 bits per heavy atom. The van der Waals surface area contributed by atoms with Gasteiger partial charge in [0, 0.05) is 38.8 Å². The van der Waals surface area contributed by atoms with E-state index >= 15 is 0 Å². The summed E-state index contributed by atoms with van der Waals surface area (Å²) in [5, 5.41) is 0. The number of carbonyl (C=O) groups is 2. The summed E-state index contributed by atoms with van der Waals surface area (Å²) in [4.78, 5) is 25.8. The second kappa shape index (κ2) is 5.44. The van der Waals surface area contributed by atoms with Crippen molar-refractivity contribution in [2.45, 2.75) is 13.3 Å². The van der Waals surface area contributed by atoms with Crippen molar-refractivity contribution >= 4 is 11.9 Å². The van der Waals surface area contributed by atoms with Crippen LogP contribution in [0.4, 0.5) is 0 Å². The number of hydrogen-bond acceptors (Lipinski definition) is 4. The van der Waals surface area contributed by atoms with Gasteiger partial charge in [0.05, 0.1) is 12.2 Å². The van der Waals surface area contributed by atoms with Crippen molar-refractivity contribution in [3.05, 3.63) is 23.0 Å². The molecule has 0 bridgehead atoms. The fourth-order valence-electron chi connectivity index (χ4n) is 2.41. The van der Waals surface area contributed by atoms with E-state index in [1.54, 1.807) is 29.5 Å². The molecule has 0 atom stereocenters. The van der Waals surface area contributed by atoms with E-state index in [-0.39, 0.29) is 5.91 Å². The quantitative estimate of drug-likeness (QED) is 0.787. The molecule has 2 N–H and O–H groups in total. The zero-order valence-corrected chi connectivity index (χ0v) is 11.3. The summed E-state index contributed by atoms with van der Waals surface area (Å²) in [6.07, 6.45) is 0.733. The van der Waals surface area contributed by atoms with Gasteiger partial charge in [-0.1, -0.05) is 0 Å². The molecule has 2 rings (SSSR count). The Balaban J connectivity index is 2.33. The molecule has 1 aliphatic rings. The number of carbonyl (C=O) groups excluding carboxylic acids is 2. The lowest BCUT2D eigenvalue weighted by molar-refractivity contribution is 0.0514. The molecule has 0 aliphatic carbocycles. The van der Waals surface area contributed by atoms with E-state index in [2.05, 4.69) is 0 Å². The van der Waals surface area contributed by atoms with Gasteiger partial charge in [0.25, 0.3) is 5.91 Å². The first kappa shape index (κ1) is 13.6. The number of rotatable bonds is 4. The number of nitrogens with two attached hydrogens (primary N) is 1. The zero-order valence-electron chi connectivity index (χ0n) is 11.3. The number of amides is 1. The van der Waals surface area contributed by atoms with Crippen molar-refractivity contribution < 1.29 is 14.3 Å². The first-order valence-corrected chi connectivity index (χ1v) is 6.45. The molecule has 0 saturated carbocycles. The van der Waals surface area contributed by atoms with Crippen LogP contribution < -0.4 is 5.73 Å². The molecule has 0 saturated heterocycles. The minimum atomic E-state index is -0.391. The Labute approximate surface area is 112 Å². The number of hydrogen-bond donors (Lipinski definition) is 1. The number of nitrogens with zero attached hydrogens (tertiary/aromatic N) is 2. The number of ether oxygens (including phenoxy) is 1. The van der Waals surface area contributed by atoms with Crippen LogP contribution in [0.2, 0.25) is 0 Å². The highest BCUT2D eigenvalue weighted by Crippen LogP contribution is 2.22. The Hall–Kier alpha value is -1.82. The molecule has 104 valence electrons. The normalized spacial score (nSPS) is 14.5. The van der Waals surface area contributed by atoms with Gasteiger partial charge in [-0.2, -0.15) is 0 Å². The number of aromatic nitrogens is 1. The molecule has 1 aliphatic heterocycles. The molecular formula is C13H19N3O3. The second-order valence-corrected chi connectivity index (χ2v) is 4.50. The predicted molar refractivity (Wildman–Crippen MR) is 70.0 cm³/mol. The minimum absolute atomic E-state index is 0.0575. The van der Waals surface area contributed by atoms with Gasteiger partial charge in [-0.05, 0) is 13.0 Å². The highest BCUT2D eigenvalue weighted by atomic mass is 16.5. The molecule has 6 nitrogen and oxygen atoms in total. The largest absolute Gasteiger partial charge is 0.461 e. The minimum Gasteiger partial charge on any atom is -0.461 e. The molecular weight excluding hydrogens is 246 g/mol. The van der Waals surface area contributed by atoms with Crippen LogP contribution in [-0.2, 0) is 18.2 Å². The Kier molecular flexibility index (Phi) is 3.90. The van der Waals surface area contributed by atoms with Crippen LogP contribution in [0.25, 0.3) is 0 Å². The van der Waals surface area contributed by atoms with E-state index in [1.165, 1.54) is 0 Å². The molecule has 0 radical (unpaired) electrons. The number of fused-ring (bicyclic) bond motifs is 1. The fourth-order valence-corrected chi connectivity index (χ4v) is 2.41. The van der Waals surface area contributed by atoms with Crippen molar-refractivity contribution in [3.8, 4) is 0 Å². The summed E-state index contributed by atoms with van der Waals surface area (Å²) in [6, 6.07) is 1.62. The maximum Gasteiger partial charge on any atom is 0.354 e. The second-order valence-electron chi connectivity index (χ2n) is 4.50. The summed E-state index contributed by atoms with van der Waals surface area (Å²) >= 11 is 0. The maximum absolute atomic E-state index is 12.3. The van der Waals surface area contributed by atoms with Crippen molar-refractivity contribution in [2.75, 3.05) is 26.2 Å². The van der Waals surface area contributed by atoms with E-state index in [9.17, 15) is 9.59 Å². The Morgan fingerprint density at radius 3 is 2.89 bits per heavy atom. The summed E-state index contributed by atoms with van der Waals surface area (Å²) in [5.74, 6) is -0.449. The lowest BCUT2D eigenvalue weighted by Gasteiger charge is -2.26. The third-order valence-corrected chi connectivity index (χ3v) is 3.38. The summed E-state index contributed by atoms with van der Waals surface area (Å²) < 4.78 is 6.75. The van der Waals surface area contributed by atoms with Gasteiger partial charge >= 0.3 is 5.97 Å². The van der Waals surface area contributed by atoms with Gasteiger partial charge in [-0.15, -0.1) is 0 Å². The molecule has 1 aromatic rings. The molecule has 2 heterocycles. The van der Waals surface area contributed by atoms with Crippen LogP contribution in [0.5, 0.6) is 0 Å². The van der Waals surface area contributed by atoms with E-state index in [0.29, 0.717) is 37.5 Å². The fraction of sp³-hybridized carbons (Fsp3) is 0.538. The topological polar surface area (TPSA) is 77.6 Å². The smallest absolute Gasteiger partial charge is 0.354 e. The molecule has 0 unspecified atom stereocenters. The summed E-state index contributed by atoms with van der Waals surface area (Å²) in [6.45, 7) is 3.71. The molecule has 0 fully saturated rings. The van der Waals surface area contributed by atoms with Crippen molar-refractivity contribution in [3.63, 3.8) is 0 Å². The monoisotopic (exact) mass is 265 g/mol. The van der Waals surface area contributed by atoms with E-state index < -0.39 is 5.97 Å². The Bertz CT molecular complexity index is 507. The van der Waals surface area contributed by atoms with Crippen molar-refractivity contribution in [1.29, 1.82) is 0 Å². The van der Waals surface area contributed by atoms with Gasteiger partial charge in [0.1, 0.15) is 5.69 Å². The number of esters is 1. The standard InChI is InChI=1S/C13H19N3O3/c1-3-19-13(18)11-8-9-10(15(11)2)4-6-16(7-5-14)12(9)17/h8H,3-7,14H2,1-2H3. The first-order valence-electron chi connectivity index (χ1n) is 6.45. The van der Waals surface area contributed by atoms with Gasteiger partial charge in [0.15, 0.2) is 0 Å². The van der Waals surface area contributed by atoms with Crippen LogP contribution in [0.15, 0.2) is 6.07 Å². The summed E-state index contributed by atoms with van der Waals surface area (Å²) in [5.41, 5.74) is 7.40. The van der Waals surface area contributed by atoms with Gasteiger partial charge < -0.3 is 19.9 Å². The lowest BCUT2D eigenvalue weighted by Crippen LogP contribution is -2.40. The van der Waals surface area contributed by atoms with Crippen LogP contribution in [0.1, 0.15) is 33.5 Å². The zero-order chi connectivity index (χ0) is 14.0. The van der Waals surface area contributed by atoms with Crippen molar-refractivity contribution in [2.24, 2.45) is 12.8 Å². The maximum atomic E-state index is 12.3. The summed E-state index contributed by atoms with van der Waals surface area (Å²) in [7, 11) is 1.79. The third kappa shape index (κ3) is 2.35. The SMILES string of the molecule is CCOC(=O)c1cc2c(n1C)CCN(CCN)C2=O. The van der Waals surface area contributed by atoms with Crippen molar-refractivity contribution in [1.82, 2.24) is 9.47 Å².